The zero-order valence-electron chi connectivity index (χ0n) is 11.1. The molecule has 1 aromatic heterocycles. The SMILES string of the molecule is CNC(c1ccc(Br)o1)c1cc(OC)ccc1OC. The summed E-state index contributed by atoms with van der Waals surface area (Å²) in [7, 11) is 5.17. The molecule has 0 aliphatic carbocycles. The quantitative estimate of drug-likeness (QED) is 0.915. The summed E-state index contributed by atoms with van der Waals surface area (Å²) in [5, 5.41) is 3.22. The third-order valence-corrected chi connectivity index (χ3v) is 3.34. The van der Waals surface area contributed by atoms with Crippen molar-refractivity contribution in [3.05, 3.63) is 46.3 Å². The molecule has 0 amide bonds. The van der Waals surface area contributed by atoms with E-state index in [1.165, 1.54) is 0 Å². The van der Waals surface area contributed by atoms with Crippen LogP contribution < -0.4 is 14.8 Å². The Kier molecular flexibility index (Phi) is 4.50. The first-order valence-electron chi connectivity index (χ1n) is 5.84. The summed E-state index contributed by atoms with van der Waals surface area (Å²) < 4.78 is 17.0. The van der Waals surface area contributed by atoms with Gasteiger partial charge in [-0.2, -0.15) is 0 Å². The first-order valence-corrected chi connectivity index (χ1v) is 6.63. The molecule has 2 rings (SSSR count). The smallest absolute Gasteiger partial charge is 0.169 e. The maximum atomic E-state index is 5.62. The van der Waals surface area contributed by atoms with Crippen molar-refractivity contribution in [1.29, 1.82) is 0 Å². The number of nitrogens with one attached hydrogen (secondary N) is 1. The van der Waals surface area contributed by atoms with Gasteiger partial charge in [0.05, 0.1) is 20.3 Å². The molecule has 1 N–H and O–H groups in total. The molecule has 0 aliphatic rings. The largest absolute Gasteiger partial charge is 0.497 e. The molecule has 1 aromatic carbocycles. The van der Waals surface area contributed by atoms with Crippen LogP contribution in [-0.4, -0.2) is 21.3 Å². The monoisotopic (exact) mass is 325 g/mol. The Labute approximate surface area is 120 Å². The van der Waals surface area contributed by atoms with Crippen molar-refractivity contribution in [2.45, 2.75) is 6.04 Å². The highest BCUT2D eigenvalue weighted by atomic mass is 79.9. The molecule has 102 valence electrons. The average Bonchev–Trinajstić information content (AvgIpc) is 2.86. The standard InChI is InChI=1S/C14H16BrNO3/c1-16-14(12-6-7-13(15)19-12)10-8-9(17-2)4-5-11(10)18-3/h4-8,14,16H,1-3H3. The number of hydrogen-bond acceptors (Lipinski definition) is 4. The molecule has 0 saturated carbocycles. The van der Waals surface area contributed by atoms with E-state index in [9.17, 15) is 0 Å². The van der Waals surface area contributed by atoms with Gasteiger partial charge in [0.25, 0.3) is 0 Å². The lowest BCUT2D eigenvalue weighted by Gasteiger charge is -2.18. The third kappa shape index (κ3) is 2.93. The molecule has 2 aromatic rings. The summed E-state index contributed by atoms with van der Waals surface area (Å²) in [6.45, 7) is 0. The maximum Gasteiger partial charge on any atom is 0.169 e. The molecule has 1 unspecified atom stereocenters. The van der Waals surface area contributed by atoms with Crippen LogP contribution in [0.1, 0.15) is 17.4 Å². The minimum Gasteiger partial charge on any atom is -0.497 e. The summed E-state index contributed by atoms with van der Waals surface area (Å²) in [6.07, 6.45) is 0. The molecular formula is C14H16BrNO3. The molecule has 0 radical (unpaired) electrons. The van der Waals surface area contributed by atoms with Crippen LogP contribution in [0.25, 0.3) is 0 Å². The minimum atomic E-state index is -0.101. The van der Waals surface area contributed by atoms with Crippen molar-refractivity contribution in [3.8, 4) is 11.5 Å². The second kappa shape index (κ2) is 6.12. The van der Waals surface area contributed by atoms with Gasteiger partial charge < -0.3 is 19.2 Å². The highest BCUT2D eigenvalue weighted by molar-refractivity contribution is 9.10. The number of ether oxygens (including phenoxy) is 2. The fourth-order valence-electron chi connectivity index (χ4n) is 2.00. The van der Waals surface area contributed by atoms with Gasteiger partial charge in [-0.25, -0.2) is 0 Å². The van der Waals surface area contributed by atoms with E-state index in [2.05, 4.69) is 21.2 Å². The van der Waals surface area contributed by atoms with Crippen LogP contribution in [0.5, 0.6) is 11.5 Å². The molecule has 0 fully saturated rings. The molecular weight excluding hydrogens is 310 g/mol. The van der Waals surface area contributed by atoms with Crippen LogP contribution in [0.2, 0.25) is 0 Å². The number of rotatable bonds is 5. The second-order valence-corrected chi connectivity index (χ2v) is 4.75. The fourth-order valence-corrected chi connectivity index (χ4v) is 2.32. The normalized spacial score (nSPS) is 12.2. The van der Waals surface area contributed by atoms with Crippen molar-refractivity contribution in [2.24, 2.45) is 0 Å². The van der Waals surface area contributed by atoms with E-state index in [4.69, 9.17) is 13.9 Å². The van der Waals surface area contributed by atoms with Crippen molar-refractivity contribution >= 4 is 15.9 Å². The highest BCUT2D eigenvalue weighted by Crippen LogP contribution is 2.34. The topological polar surface area (TPSA) is 43.6 Å². The molecule has 0 aliphatic heterocycles. The molecule has 0 spiro atoms. The number of halogens is 1. The van der Waals surface area contributed by atoms with E-state index in [0.29, 0.717) is 4.67 Å². The van der Waals surface area contributed by atoms with E-state index in [0.717, 1.165) is 22.8 Å². The molecule has 4 nitrogen and oxygen atoms in total. The predicted molar refractivity (Wildman–Crippen MR) is 76.9 cm³/mol. The molecule has 0 bridgehead atoms. The first kappa shape index (κ1) is 14.0. The predicted octanol–water partition coefficient (Wildman–Crippen LogP) is 3.37. The van der Waals surface area contributed by atoms with Crippen LogP contribution in [0, 0.1) is 0 Å². The van der Waals surface area contributed by atoms with Crippen molar-refractivity contribution < 1.29 is 13.9 Å². The molecule has 19 heavy (non-hydrogen) atoms. The van der Waals surface area contributed by atoms with Crippen LogP contribution in [0.3, 0.4) is 0 Å². The van der Waals surface area contributed by atoms with E-state index in [1.807, 2.05) is 37.4 Å². The Bertz CT molecular complexity index is 553. The van der Waals surface area contributed by atoms with Gasteiger partial charge in [-0.1, -0.05) is 0 Å². The van der Waals surface area contributed by atoms with E-state index in [1.54, 1.807) is 14.2 Å². The number of furan rings is 1. The number of benzene rings is 1. The van der Waals surface area contributed by atoms with Gasteiger partial charge in [-0.3, -0.25) is 0 Å². The molecule has 0 saturated heterocycles. The number of methoxy groups -OCH3 is 2. The van der Waals surface area contributed by atoms with Crippen LogP contribution in [-0.2, 0) is 0 Å². The fraction of sp³-hybridized carbons (Fsp3) is 0.286. The summed E-state index contributed by atoms with van der Waals surface area (Å²) in [4.78, 5) is 0. The van der Waals surface area contributed by atoms with Gasteiger partial charge in [0.2, 0.25) is 0 Å². The van der Waals surface area contributed by atoms with Crippen LogP contribution >= 0.6 is 15.9 Å². The Morgan fingerprint density at radius 1 is 1.16 bits per heavy atom. The highest BCUT2D eigenvalue weighted by Gasteiger charge is 2.20. The first-order chi connectivity index (χ1) is 9.19. The Balaban J connectivity index is 2.47. The number of hydrogen-bond donors (Lipinski definition) is 1. The Morgan fingerprint density at radius 2 is 1.95 bits per heavy atom. The maximum absolute atomic E-state index is 5.62. The zero-order valence-corrected chi connectivity index (χ0v) is 12.7. The zero-order chi connectivity index (χ0) is 13.8. The second-order valence-electron chi connectivity index (χ2n) is 3.97. The Hall–Kier alpha value is -1.46. The van der Waals surface area contributed by atoms with E-state index < -0.39 is 0 Å². The third-order valence-electron chi connectivity index (χ3n) is 2.92. The van der Waals surface area contributed by atoms with Gasteiger partial charge in [0.15, 0.2) is 4.67 Å². The van der Waals surface area contributed by atoms with Crippen LogP contribution in [0.4, 0.5) is 0 Å². The van der Waals surface area contributed by atoms with Gasteiger partial charge >= 0.3 is 0 Å². The summed E-state index contributed by atoms with van der Waals surface area (Å²) in [5.41, 5.74) is 0.964. The van der Waals surface area contributed by atoms with E-state index in [-0.39, 0.29) is 6.04 Å². The van der Waals surface area contributed by atoms with Crippen molar-refractivity contribution in [1.82, 2.24) is 5.32 Å². The van der Waals surface area contributed by atoms with Gasteiger partial charge in [0.1, 0.15) is 17.3 Å². The summed E-state index contributed by atoms with van der Waals surface area (Å²) in [6, 6.07) is 9.38. The van der Waals surface area contributed by atoms with Crippen molar-refractivity contribution in [3.63, 3.8) is 0 Å². The molecule has 5 heteroatoms. The van der Waals surface area contributed by atoms with Gasteiger partial charge in [-0.15, -0.1) is 0 Å². The molecule has 1 atom stereocenters. The lowest BCUT2D eigenvalue weighted by molar-refractivity contribution is 0.386. The Morgan fingerprint density at radius 3 is 2.47 bits per heavy atom. The van der Waals surface area contributed by atoms with Crippen molar-refractivity contribution in [2.75, 3.05) is 21.3 Å². The summed E-state index contributed by atoms with van der Waals surface area (Å²) >= 11 is 3.32. The average molecular weight is 326 g/mol. The summed E-state index contributed by atoms with van der Waals surface area (Å²) in [5.74, 6) is 2.37. The van der Waals surface area contributed by atoms with E-state index >= 15 is 0 Å². The lowest BCUT2D eigenvalue weighted by atomic mass is 10.0. The lowest BCUT2D eigenvalue weighted by Crippen LogP contribution is -2.18. The molecule has 1 heterocycles. The van der Waals surface area contributed by atoms with Crippen LogP contribution in [0.15, 0.2) is 39.4 Å². The minimum absolute atomic E-state index is 0.101. The van der Waals surface area contributed by atoms with Gasteiger partial charge in [0, 0.05) is 5.56 Å². The van der Waals surface area contributed by atoms with Gasteiger partial charge in [-0.05, 0) is 53.3 Å².